The van der Waals surface area contributed by atoms with E-state index in [4.69, 9.17) is 0 Å². The molecule has 0 saturated carbocycles. The lowest BCUT2D eigenvalue weighted by Gasteiger charge is -2.02. The van der Waals surface area contributed by atoms with Crippen LogP contribution in [0.25, 0.3) is 27.9 Å². The number of hydrogen-bond acceptors (Lipinski definition) is 4. The molecule has 1 aromatic carbocycles. The van der Waals surface area contributed by atoms with Crippen LogP contribution in [-0.2, 0) is 6.54 Å². The van der Waals surface area contributed by atoms with E-state index in [1.807, 2.05) is 36.4 Å². The maximum Gasteiger partial charge on any atom is 0.287 e. The van der Waals surface area contributed by atoms with E-state index in [9.17, 15) is 9.90 Å². The Morgan fingerprint density at radius 1 is 1.18 bits per heavy atom. The summed E-state index contributed by atoms with van der Waals surface area (Å²) >= 11 is 3.44. The molecule has 0 aliphatic heterocycles. The van der Waals surface area contributed by atoms with Crippen LogP contribution in [0, 0.1) is 0 Å². The fourth-order valence-electron chi connectivity index (χ4n) is 2.85. The zero-order valence-electron chi connectivity index (χ0n) is 14.7. The summed E-state index contributed by atoms with van der Waals surface area (Å²) in [5, 5.41) is 13.3. The number of rotatable bonds is 5. The molecule has 0 atom stereocenters. The SMILES string of the molecule is C=C(O)c1cc2cc(-c3nc(C(=O)NCc4ccncc4)[nH]c3Br)ccc2[nH]1. The molecule has 4 aromatic rings. The van der Waals surface area contributed by atoms with Crippen LogP contribution in [0.15, 0.2) is 60.0 Å². The van der Waals surface area contributed by atoms with Crippen molar-refractivity contribution in [3.05, 3.63) is 77.1 Å². The largest absolute Gasteiger partial charge is 0.506 e. The Hall–Kier alpha value is -3.39. The summed E-state index contributed by atoms with van der Waals surface area (Å²) in [6.45, 7) is 3.92. The van der Waals surface area contributed by atoms with Crippen molar-refractivity contribution < 1.29 is 9.90 Å². The summed E-state index contributed by atoms with van der Waals surface area (Å²) in [5.74, 6) is -0.105. The molecule has 140 valence electrons. The van der Waals surface area contributed by atoms with E-state index in [-0.39, 0.29) is 17.5 Å². The summed E-state index contributed by atoms with van der Waals surface area (Å²) in [6.07, 6.45) is 3.36. The Morgan fingerprint density at radius 2 is 1.96 bits per heavy atom. The van der Waals surface area contributed by atoms with E-state index in [0.29, 0.717) is 22.5 Å². The molecular weight excluding hydrogens is 422 g/mol. The molecule has 3 heterocycles. The molecular formula is C20H16BrN5O2. The van der Waals surface area contributed by atoms with Gasteiger partial charge in [-0.05, 0) is 51.8 Å². The summed E-state index contributed by atoms with van der Waals surface area (Å²) < 4.78 is 0.614. The van der Waals surface area contributed by atoms with Gasteiger partial charge in [0.25, 0.3) is 5.91 Å². The van der Waals surface area contributed by atoms with E-state index in [1.54, 1.807) is 12.4 Å². The second-order valence-corrected chi connectivity index (χ2v) is 7.01. The number of nitrogens with one attached hydrogen (secondary N) is 3. The van der Waals surface area contributed by atoms with Gasteiger partial charge in [-0.1, -0.05) is 12.6 Å². The van der Waals surface area contributed by atoms with Crippen LogP contribution in [0.5, 0.6) is 0 Å². The van der Waals surface area contributed by atoms with Gasteiger partial charge >= 0.3 is 0 Å². The van der Waals surface area contributed by atoms with Crippen molar-refractivity contribution in [2.24, 2.45) is 0 Å². The van der Waals surface area contributed by atoms with Crippen LogP contribution in [0.2, 0.25) is 0 Å². The Balaban J connectivity index is 1.57. The van der Waals surface area contributed by atoms with Crippen LogP contribution < -0.4 is 5.32 Å². The van der Waals surface area contributed by atoms with Crippen molar-refractivity contribution in [3.8, 4) is 11.3 Å². The van der Waals surface area contributed by atoms with Gasteiger partial charge in [0.05, 0.1) is 5.69 Å². The molecule has 7 nitrogen and oxygen atoms in total. The molecule has 0 saturated heterocycles. The van der Waals surface area contributed by atoms with E-state index < -0.39 is 0 Å². The van der Waals surface area contributed by atoms with Gasteiger partial charge in [-0.15, -0.1) is 0 Å². The smallest absolute Gasteiger partial charge is 0.287 e. The second kappa shape index (κ2) is 7.32. The number of nitrogens with zero attached hydrogens (tertiary/aromatic N) is 2. The maximum absolute atomic E-state index is 12.4. The molecule has 0 aliphatic carbocycles. The quantitative estimate of drug-likeness (QED) is 0.351. The van der Waals surface area contributed by atoms with Crippen molar-refractivity contribution in [3.63, 3.8) is 0 Å². The van der Waals surface area contributed by atoms with Gasteiger partial charge in [-0.2, -0.15) is 0 Å². The number of aliphatic hydroxyl groups excluding tert-OH is 1. The first-order valence-electron chi connectivity index (χ1n) is 8.45. The first kappa shape index (κ1) is 18.0. The number of aliphatic hydroxyl groups is 1. The topological polar surface area (TPSA) is 107 Å². The van der Waals surface area contributed by atoms with Crippen molar-refractivity contribution in [2.75, 3.05) is 0 Å². The molecule has 1 amide bonds. The summed E-state index contributed by atoms with van der Waals surface area (Å²) in [4.78, 5) is 26.9. The third-order valence-electron chi connectivity index (χ3n) is 4.28. The molecule has 0 fully saturated rings. The molecule has 0 unspecified atom stereocenters. The van der Waals surface area contributed by atoms with Crippen molar-refractivity contribution in [2.45, 2.75) is 6.54 Å². The number of H-pyrrole nitrogens is 2. The standard InChI is InChI=1S/C20H16BrN5O2/c1-11(27)16-9-14-8-13(2-3-15(14)24-16)17-18(21)26-19(25-17)20(28)23-10-12-4-6-22-7-5-12/h2-9,24,27H,1,10H2,(H,23,28)(H,25,26). The molecule has 3 aromatic heterocycles. The monoisotopic (exact) mass is 437 g/mol. The normalized spacial score (nSPS) is 10.9. The van der Waals surface area contributed by atoms with Gasteiger partial charge in [0.1, 0.15) is 16.1 Å². The number of hydrogen-bond donors (Lipinski definition) is 4. The number of aromatic amines is 2. The third kappa shape index (κ3) is 3.54. The number of carbonyl (C=O) groups is 1. The van der Waals surface area contributed by atoms with Crippen LogP contribution in [0.3, 0.4) is 0 Å². The fourth-order valence-corrected chi connectivity index (χ4v) is 3.36. The number of fused-ring (bicyclic) bond motifs is 1. The van der Waals surface area contributed by atoms with E-state index in [2.05, 4.69) is 47.8 Å². The van der Waals surface area contributed by atoms with Gasteiger partial charge in [0.2, 0.25) is 0 Å². The average molecular weight is 438 g/mol. The van der Waals surface area contributed by atoms with Gasteiger partial charge in [-0.3, -0.25) is 9.78 Å². The molecule has 4 rings (SSSR count). The highest BCUT2D eigenvalue weighted by molar-refractivity contribution is 9.10. The number of benzene rings is 1. The maximum atomic E-state index is 12.4. The predicted octanol–water partition coefficient (Wildman–Crippen LogP) is 4.17. The van der Waals surface area contributed by atoms with Crippen LogP contribution >= 0.6 is 15.9 Å². The second-order valence-electron chi connectivity index (χ2n) is 6.22. The average Bonchev–Trinajstić information content (AvgIpc) is 3.30. The number of carbonyl (C=O) groups excluding carboxylic acids is 1. The third-order valence-corrected chi connectivity index (χ3v) is 4.86. The zero-order chi connectivity index (χ0) is 19.7. The summed E-state index contributed by atoms with van der Waals surface area (Å²) in [7, 11) is 0. The first-order chi connectivity index (χ1) is 13.5. The van der Waals surface area contributed by atoms with Crippen LogP contribution in [-0.4, -0.2) is 30.9 Å². The minimum atomic E-state index is -0.301. The number of amides is 1. The number of halogens is 1. The Labute approximate surface area is 168 Å². The Morgan fingerprint density at radius 3 is 2.71 bits per heavy atom. The highest BCUT2D eigenvalue weighted by Gasteiger charge is 2.16. The Kier molecular flexibility index (Phi) is 4.70. The predicted molar refractivity (Wildman–Crippen MR) is 111 cm³/mol. The minimum Gasteiger partial charge on any atom is -0.506 e. The van der Waals surface area contributed by atoms with Crippen LogP contribution in [0.1, 0.15) is 21.9 Å². The van der Waals surface area contributed by atoms with Crippen molar-refractivity contribution >= 4 is 38.5 Å². The molecule has 28 heavy (non-hydrogen) atoms. The lowest BCUT2D eigenvalue weighted by atomic mass is 10.1. The van der Waals surface area contributed by atoms with E-state index in [0.717, 1.165) is 22.0 Å². The highest BCUT2D eigenvalue weighted by atomic mass is 79.9. The Bertz CT molecular complexity index is 1180. The molecule has 0 radical (unpaired) electrons. The fraction of sp³-hybridized carbons (Fsp3) is 0.0500. The lowest BCUT2D eigenvalue weighted by molar-refractivity contribution is 0.0941. The summed E-state index contributed by atoms with van der Waals surface area (Å²) in [6, 6.07) is 11.2. The van der Waals surface area contributed by atoms with Gasteiger partial charge in [0.15, 0.2) is 5.82 Å². The van der Waals surface area contributed by atoms with Crippen molar-refractivity contribution in [1.29, 1.82) is 0 Å². The number of pyridine rings is 1. The lowest BCUT2D eigenvalue weighted by Crippen LogP contribution is -2.23. The molecule has 4 N–H and O–H groups in total. The van der Waals surface area contributed by atoms with Crippen LogP contribution in [0.4, 0.5) is 0 Å². The van der Waals surface area contributed by atoms with Gasteiger partial charge < -0.3 is 20.4 Å². The van der Waals surface area contributed by atoms with Gasteiger partial charge in [0, 0.05) is 35.4 Å². The highest BCUT2D eigenvalue weighted by Crippen LogP contribution is 2.29. The minimum absolute atomic E-state index is 0.0214. The zero-order valence-corrected chi connectivity index (χ0v) is 16.2. The van der Waals surface area contributed by atoms with E-state index in [1.165, 1.54) is 0 Å². The molecule has 8 heteroatoms. The van der Waals surface area contributed by atoms with E-state index >= 15 is 0 Å². The number of imidazole rings is 1. The number of aromatic nitrogens is 4. The van der Waals surface area contributed by atoms with Gasteiger partial charge in [-0.25, -0.2) is 4.98 Å². The molecule has 0 spiro atoms. The summed E-state index contributed by atoms with van der Waals surface area (Å²) in [5.41, 5.74) is 3.84. The first-order valence-corrected chi connectivity index (χ1v) is 9.24. The molecule has 0 bridgehead atoms. The van der Waals surface area contributed by atoms with Crippen molar-refractivity contribution in [1.82, 2.24) is 25.3 Å². The molecule has 0 aliphatic rings.